The van der Waals surface area contributed by atoms with E-state index in [1.807, 2.05) is 0 Å². The Morgan fingerprint density at radius 3 is 2.10 bits per heavy atom. The average molecular weight is 271 g/mol. The van der Waals surface area contributed by atoms with Gasteiger partial charge in [-0.15, -0.1) is 0 Å². The predicted octanol–water partition coefficient (Wildman–Crippen LogP) is 5.53. The van der Waals surface area contributed by atoms with Crippen LogP contribution in [0, 0.1) is 12.3 Å². The van der Waals surface area contributed by atoms with E-state index in [4.69, 9.17) is 0 Å². The Kier molecular flexibility index (Phi) is 2.96. The van der Waals surface area contributed by atoms with E-state index in [0.29, 0.717) is 11.8 Å². The van der Waals surface area contributed by atoms with Crippen LogP contribution in [-0.2, 0) is 0 Å². The number of allylic oxidation sites excluding steroid dienone is 4. The van der Waals surface area contributed by atoms with Crippen LogP contribution in [0.4, 0.5) is 0 Å². The Bertz CT molecular complexity index is 688. The van der Waals surface area contributed by atoms with E-state index in [-0.39, 0.29) is 0 Å². The smallest absolute Gasteiger partial charge is 0.0619 e. The lowest BCUT2D eigenvalue weighted by Crippen LogP contribution is -2.07. The van der Waals surface area contributed by atoms with Crippen LogP contribution in [0.1, 0.15) is 30.4 Å². The number of hydrogen-bond acceptors (Lipinski definition) is 0. The van der Waals surface area contributed by atoms with Crippen molar-refractivity contribution < 1.29 is 0 Å². The molecule has 2 aliphatic carbocycles. The molecule has 2 aromatic carbocycles. The summed E-state index contributed by atoms with van der Waals surface area (Å²) in [4.78, 5) is 0. The van der Waals surface area contributed by atoms with Crippen molar-refractivity contribution in [1.29, 1.82) is 0 Å². The molecule has 0 saturated carbocycles. The van der Waals surface area contributed by atoms with Gasteiger partial charge in [0.05, 0.1) is 17.6 Å². The summed E-state index contributed by atoms with van der Waals surface area (Å²) >= 11 is 0. The molecule has 0 saturated heterocycles. The summed E-state index contributed by atoms with van der Waals surface area (Å²) in [6.07, 6.45) is 10.3. The fourth-order valence-corrected chi connectivity index (χ4v) is 3.61. The minimum absolute atomic E-state index is 0.523. The van der Waals surface area contributed by atoms with Crippen LogP contribution in [-0.4, -0.2) is 0 Å². The Morgan fingerprint density at radius 2 is 1.52 bits per heavy atom. The summed E-state index contributed by atoms with van der Waals surface area (Å²) in [6, 6.07) is 17.8. The first kappa shape index (κ1) is 12.5. The lowest BCUT2D eigenvalue weighted by Gasteiger charge is -2.17. The van der Waals surface area contributed by atoms with E-state index >= 15 is 0 Å². The van der Waals surface area contributed by atoms with Gasteiger partial charge in [0, 0.05) is 25.3 Å². The zero-order valence-corrected chi connectivity index (χ0v) is 12.3. The molecule has 2 aliphatic rings. The molecule has 0 spiro atoms. The highest BCUT2D eigenvalue weighted by molar-refractivity contribution is 5.78. The second kappa shape index (κ2) is 4.96. The highest BCUT2D eigenvalue weighted by atomic mass is 14.3. The fraction of sp³-hybridized carbons (Fsp3) is 0.190. The predicted molar refractivity (Wildman–Crippen MR) is 89.0 cm³/mol. The van der Waals surface area contributed by atoms with Gasteiger partial charge in [0.15, 0.2) is 0 Å². The van der Waals surface area contributed by atoms with Gasteiger partial charge in [0.1, 0.15) is 0 Å². The Balaban J connectivity index is 1.71. The molecule has 1 unspecified atom stereocenters. The third-order valence-electron chi connectivity index (χ3n) is 4.68. The van der Waals surface area contributed by atoms with E-state index in [2.05, 4.69) is 80.1 Å². The maximum atomic E-state index is 2.35. The van der Waals surface area contributed by atoms with Crippen molar-refractivity contribution in [3.05, 3.63) is 89.9 Å². The first-order chi connectivity index (χ1) is 10.3. The summed E-state index contributed by atoms with van der Waals surface area (Å²) in [5.74, 6) is 1.06. The van der Waals surface area contributed by atoms with Gasteiger partial charge in [-0.1, -0.05) is 48.5 Å². The molecule has 1 atom stereocenters. The van der Waals surface area contributed by atoms with E-state index in [1.54, 1.807) is 0 Å². The molecule has 2 aromatic rings. The zero-order chi connectivity index (χ0) is 14.2. The Labute approximate surface area is 126 Å². The number of rotatable bonds is 2. The van der Waals surface area contributed by atoms with Gasteiger partial charge < -0.3 is 0 Å². The van der Waals surface area contributed by atoms with Gasteiger partial charge in [-0.05, 0) is 34.8 Å². The molecule has 0 heteroatoms. The van der Waals surface area contributed by atoms with Gasteiger partial charge in [-0.2, -0.15) is 0 Å². The molecule has 0 fully saturated rings. The van der Waals surface area contributed by atoms with Crippen LogP contribution >= 0.6 is 0 Å². The van der Waals surface area contributed by atoms with Crippen molar-refractivity contribution in [3.8, 4) is 11.1 Å². The molecule has 0 aromatic heterocycles. The van der Waals surface area contributed by atoms with Gasteiger partial charge in [0.2, 0.25) is 0 Å². The second-order valence-corrected chi connectivity index (χ2v) is 6.09. The number of fused-ring (bicyclic) bond motifs is 3. The largest absolute Gasteiger partial charge is 0.0971 e. The summed E-state index contributed by atoms with van der Waals surface area (Å²) in [5.41, 5.74) is 7.17. The van der Waals surface area contributed by atoms with Crippen molar-refractivity contribution in [2.24, 2.45) is 5.92 Å². The quantitative estimate of drug-likeness (QED) is 0.630. The van der Waals surface area contributed by atoms with Gasteiger partial charge in [0.25, 0.3) is 0 Å². The third kappa shape index (κ3) is 2.12. The molecular formula is C21H19+. The van der Waals surface area contributed by atoms with E-state index in [1.165, 1.54) is 27.8 Å². The van der Waals surface area contributed by atoms with Crippen LogP contribution in [0.15, 0.2) is 72.3 Å². The van der Waals surface area contributed by atoms with Crippen molar-refractivity contribution in [3.63, 3.8) is 0 Å². The van der Waals surface area contributed by atoms with Crippen LogP contribution in [0.5, 0.6) is 0 Å². The van der Waals surface area contributed by atoms with Crippen LogP contribution in [0.2, 0.25) is 0 Å². The molecule has 21 heavy (non-hydrogen) atoms. The summed E-state index contributed by atoms with van der Waals surface area (Å²) in [5, 5.41) is 0. The monoisotopic (exact) mass is 271 g/mol. The molecule has 102 valence electrons. The van der Waals surface area contributed by atoms with E-state index < -0.39 is 0 Å². The van der Waals surface area contributed by atoms with Crippen molar-refractivity contribution in [1.82, 2.24) is 0 Å². The van der Waals surface area contributed by atoms with Crippen LogP contribution < -0.4 is 0 Å². The van der Waals surface area contributed by atoms with Gasteiger partial charge in [-0.25, -0.2) is 0 Å². The maximum absolute atomic E-state index is 2.35. The highest BCUT2D eigenvalue weighted by Crippen LogP contribution is 2.47. The minimum Gasteiger partial charge on any atom is -0.0619 e. The van der Waals surface area contributed by atoms with Crippen LogP contribution in [0.25, 0.3) is 11.1 Å². The Morgan fingerprint density at radius 1 is 0.905 bits per heavy atom. The lowest BCUT2D eigenvalue weighted by molar-refractivity contribution is 0.619. The Hall–Kier alpha value is -2.21. The first-order valence-electron chi connectivity index (χ1n) is 7.71. The summed E-state index contributed by atoms with van der Waals surface area (Å²) < 4.78 is 0. The van der Waals surface area contributed by atoms with E-state index in [0.717, 1.165) is 6.42 Å². The molecule has 0 nitrogen and oxygen atoms in total. The summed E-state index contributed by atoms with van der Waals surface area (Å²) in [6.45, 7) is 2.16. The van der Waals surface area contributed by atoms with Gasteiger partial charge >= 0.3 is 0 Å². The maximum Gasteiger partial charge on any atom is 0.0971 e. The normalized spacial score (nSPS) is 19.7. The van der Waals surface area contributed by atoms with E-state index in [9.17, 15) is 0 Å². The highest BCUT2D eigenvalue weighted by Gasteiger charge is 2.30. The molecule has 4 rings (SSSR count). The summed E-state index contributed by atoms with van der Waals surface area (Å²) in [7, 11) is 0. The van der Waals surface area contributed by atoms with Crippen molar-refractivity contribution >= 4 is 0 Å². The minimum atomic E-state index is 0.523. The molecule has 0 bridgehead atoms. The van der Waals surface area contributed by atoms with Crippen LogP contribution in [0.3, 0.4) is 0 Å². The zero-order valence-electron chi connectivity index (χ0n) is 12.3. The molecule has 0 radical (unpaired) electrons. The molecule has 0 aliphatic heterocycles. The van der Waals surface area contributed by atoms with Crippen molar-refractivity contribution in [2.45, 2.75) is 19.3 Å². The first-order valence-corrected chi connectivity index (χ1v) is 7.71. The number of benzene rings is 2. The van der Waals surface area contributed by atoms with Crippen molar-refractivity contribution in [2.75, 3.05) is 0 Å². The third-order valence-corrected chi connectivity index (χ3v) is 4.68. The molecule has 0 amide bonds. The topological polar surface area (TPSA) is 0 Å². The lowest BCUT2D eigenvalue weighted by atomic mass is 9.83. The molecular weight excluding hydrogens is 252 g/mol. The molecule has 0 heterocycles. The molecule has 0 N–H and O–H groups in total. The number of hydrogen-bond donors (Lipinski definition) is 0. The second-order valence-electron chi connectivity index (χ2n) is 6.09. The average Bonchev–Trinajstić information content (AvgIpc) is 2.85. The fourth-order valence-electron chi connectivity index (χ4n) is 3.61. The standard InChI is InChI=1S/C21H19/c1-15-10-12-16(13-11-15)14-21-19-8-4-2-6-17(19)18-7-3-5-9-20(18)21/h2-13,16,21H,14H2,1H3/q+1. The SMILES string of the molecule is CC1=C[CH+]C(CC2c3ccccc3-c3ccccc32)C=C1. The van der Waals surface area contributed by atoms with Gasteiger partial charge in [-0.3, -0.25) is 0 Å².